The van der Waals surface area contributed by atoms with Gasteiger partial charge in [-0.25, -0.2) is 4.98 Å². The third-order valence-corrected chi connectivity index (χ3v) is 5.36. The second-order valence-electron chi connectivity index (χ2n) is 7.64. The summed E-state index contributed by atoms with van der Waals surface area (Å²) in [6.07, 6.45) is 6.58. The van der Waals surface area contributed by atoms with Gasteiger partial charge in [0.25, 0.3) is 5.91 Å². The monoisotopic (exact) mass is 382 g/mol. The third-order valence-electron chi connectivity index (χ3n) is 5.36. The summed E-state index contributed by atoms with van der Waals surface area (Å²) < 4.78 is 5.22. The number of aromatic nitrogens is 2. The summed E-state index contributed by atoms with van der Waals surface area (Å²) in [5, 5.41) is 0. The molecule has 0 N–H and O–H groups in total. The highest BCUT2D eigenvalue weighted by atomic mass is 16.5. The summed E-state index contributed by atoms with van der Waals surface area (Å²) in [6, 6.07) is 8.30. The first-order valence-electron chi connectivity index (χ1n) is 9.94. The van der Waals surface area contributed by atoms with Gasteiger partial charge < -0.3 is 14.5 Å². The molecule has 1 aromatic carbocycles. The average Bonchev–Trinajstić information content (AvgIpc) is 2.73. The van der Waals surface area contributed by atoms with Crippen molar-refractivity contribution in [3.8, 4) is 5.75 Å². The molecule has 6 heteroatoms. The van der Waals surface area contributed by atoms with E-state index in [9.17, 15) is 4.79 Å². The minimum absolute atomic E-state index is 0.0529. The van der Waals surface area contributed by atoms with Crippen LogP contribution in [0.1, 0.15) is 34.6 Å². The Morgan fingerprint density at radius 1 is 1.25 bits per heavy atom. The predicted octanol–water partition coefficient (Wildman–Crippen LogP) is 2.82. The Labute approximate surface area is 167 Å². The van der Waals surface area contributed by atoms with Crippen molar-refractivity contribution in [2.45, 2.75) is 26.2 Å². The molecule has 3 rings (SSSR count). The zero-order chi connectivity index (χ0) is 19.9. The molecule has 1 fully saturated rings. The molecule has 1 aromatic heterocycles. The van der Waals surface area contributed by atoms with Crippen LogP contribution in [0.2, 0.25) is 0 Å². The first kappa shape index (κ1) is 20.3. The van der Waals surface area contributed by atoms with Crippen LogP contribution in [-0.4, -0.2) is 66.0 Å². The summed E-state index contributed by atoms with van der Waals surface area (Å²) >= 11 is 0. The van der Waals surface area contributed by atoms with Crippen LogP contribution < -0.4 is 4.74 Å². The van der Waals surface area contributed by atoms with Gasteiger partial charge in [-0.15, -0.1) is 0 Å². The van der Waals surface area contributed by atoms with Crippen molar-refractivity contribution in [3.63, 3.8) is 0 Å². The zero-order valence-corrected chi connectivity index (χ0v) is 17.1. The zero-order valence-electron chi connectivity index (χ0n) is 17.1. The molecule has 0 spiro atoms. The fourth-order valence-electron chi connectivity index (χ4n) is 3.75. The average molecular weight is 383 g/mol. The SMILES string of the molecule is COc1ccc(CCN2CCC[C@H](CN(C)C(=O)c3cnc(C)cn3)C2)cc1. The van der Waals surface area contributed by atoms with E-state index < -0.39 is 0 Å². The normalized spacial score (nSPS) is 17.3. The highest BCUT2D eigenvalue weighted by Gasteiger charge is 2.23. The molecule has 1 aliphatic heterocycles. The lowest BCUT2D eigenvalue weighted by Gasteiger charge is -2.34. The Bertz CT molecular complexity index is 761. The number of carbonyl (C=O) groups is 1. The molecule has 2 aromatic rings. The van der Waals surface area contributed by atoms with Crippen molar-refractivity contribution in [3.05, 3.63) is 53.6 Å². The number of aryl methyl sites for hydroxylation is 1. The minimum Gasteiger partial charge on any atom is -0.497 e. The van der Waals surface area contributed by atoms with E-state index in [0.717, 1.165) is 50.5 Å². The first-order chi connectivity index (χ1) is 13.5. The molecule has 0 unspecified atom stereocenters. The highest BCUT2D eigenvalue weighted by molar-refractivity contribution is 5.91. The topological polar surface area (TPSA) is 58.6 Å². The molecule has 1 aliphatic rings. The Morgan fingerprint density at radius 3 is 2.71 bits per heavy atom. The van der Waals surface area contributed by atoms with Gasteiger partial charge in [0.2, 0.25) is 0 Å². The molecule has 1 saturated heterocycles. The quantitative estimate of drug-likeness (QED) is 0.737. The van der Waals surface area contributed by atoms with Crippen molar-refractivity contribution in [1.29, 1.82) is 0 Å². The van der Waals surface area contributed by atoms with Crippen LogP contribution in [0.15, 0.2) is 36.7 Å². The summed E-state index contributed by atoms with van der Waals surface area (Å²) in [6.45, 7) is 5.84. The number of ether oxygens (including phenoxy) is 1. The number of methoxy groups -OCH3 is 1. The molecule has 1 atom stereocenters. The number of rotatable bonds is 7. The smallest absolute Gasteiger partial charge is 0.273 e. The third kappa shape index (κ3) is 5.52. The fraction of sp³-hybridized carbons (Fsp3) is 0.500. The maximum absolute atomic E-state index is 12.6. The lowest BCUT2D eigenvalue weighted by Crippen LogP contribution is -2.42. The van der Waals surface area contributed by atoms with E-state index in [0.29, 0.717) is 11.6 Å². The first-order valence-corrected chi connectivity index (χ1v) is 9.94. The van der Waals surface area contributed by atoms with Gasteiger partial charge in [-0.05, 0) is 56.3 Å². The molecule has 2 heterocycles. The fourth-order valence-corrected chi connectivity index (χ4v) is 3.75. The van der Waals surface area contributed by atoms with Crippen LogP contribution in [0.25, 0.3) is 0 Å². The highest BCUT2D eigenvalue weighted by Crippen LogP contribution is 2.19. The van der Waals surface area contributed by atoms with E-state index in [4.69, 9.17) is 4.74 Å². The summed E-state index contributed by atoms with van der Waals surface area (Å²) in [7, 11) is 3.55. The van der Waals surface area contributed by atoms with Crippen molar-refractivity contribution in [2.75, 3.05) is 40.3 Å². The van der Waals surface area contributed by atoms with E-state index in [1.807, 2.05) is 26.1 Å². The number of amides is 1. The standard InChI is InChI=1S/C22H30N4O2/c1-17-13-24-21(14-23-17)22(27)25(2)15-19-5-4-11-26(16-19)12-10-18-6-8-20(28-3)9-7-18/h6-9,13-14,19H,4-5,10-12,15-16H2,1-3H3/t19-/m1/s1. The van der Waals surface area contributed by atoms with Crippen molar-refractivity contribution >= 4 is 5.91 Å². The number of likely N-dealkylation sites (tertiary alicyclic amines) is 1. The summed E-state index contributed by atoms with van der Waals surface area (Å²) in [5.74, 6) is 1.34. The number of nitrogens with zero attached hydrogens (tertiary/aromatic N) is 4. The molecule has 0 radical (unpaired) electrons. The lowest BCUT2D eigenvalue weighted by atomic mass is 9.97. The molecular formula is C22H30N4O2. The van der Waals surface area contributed by atoms with Gasteiger partial charge in [-0.3, -0.25) is 9.78 Å². The van der Waals surface area contributed by atoms with E-state index in [1.165, 1.54) is 12.0 Å². The number of hydrogen-bond donors (Lipinski definition) is 0. The molecule has 1 amide bonds. The van der Waals surface area contributed by atoms with Crippen molar-refractivity contribution in [1.82, 2.24) is 19.8 Å². The van der Waals surface area contributed by atoms with Crippen LogP contribution >= 0.6 is 0 Å². The lowest BCUT2D eigenvalue weighted by molar-refractivity contribution is 0.0724. The predicted molar refractivity (Wildman–Crippen MR) is 110 cm³/mol. The number of piperidine rings is 1. The van der Waals surface area contributed by atoms with Crippen LogP contribution in [0, 0.1) is 12.8 Å². The maximum Gasteiger partial charge on any atom is 0.273 e. The Hall–Kier alpha value is -2.47. The minimum atomic E-state index is -0.0529. The Morgan fingerprint density at radius 2 is 2.04 bits per heavy atom. The summed E-state index contributed by atoms with van der Waals surface area (Å²) in [4.78, 5) is 25.3. The van der Waals surface area contributed by atoms with Crippen molar-refractivity contribution < 1.29 is 9.53 Å². The molecule has 0 saturated carbocycles. The van der Waals surface area contributed by atoms with Gasteiger partial charge in [-0.2, -0.15) is 0 Å². The molecular weight excluding hydrogens is 352 g/mol. The molecule has 6 nitrogen and oxygen atoms in total. The van der Waals surface area contributed by atoms with E-state index in [-0.39, 0.29) is 5.91 Å². The van der Waals surface area contributed by atoms with Gasteiger partial charge in [0.1, 0.15) is 11.4 Å². The maximum atomic E-state index is 12.6. The molecule has 28 heavy (non-hydrogen) atoms. The number of benzene rings is 1. The van der Waals surface area contributed by atoms with Gasteiger partial charge in [0, 0.05) is 32.9 Å². The number of hydrogen-bond acceptors (Lipinski definition) is 5. The van der Waals surface area contributed by atoms with Crippen LogP contribution in [0.3, 0.4) is 0 Å². The van der Waals surface area contributed by atoms with Crippen LogP contribution in [-0.2, 0) is 6.42 Å². The summed E-state index contributed by atoms with van der Waals surface area (Å²) in [5.41, 5.74) is 2.56. The molecule has 0 bridgehead atoms. The van der Waals surface area contributed by atoms with Crippen molar-refractivity contribution in [2.24, 2.45) is 5.92 Å². The number of carbonyl (C=O) groups excluding carboxylic acids is 1. The van der Waals surface area contributed by atoms with E-state index >= 15 is 0 Å². The molecule has 0 aliphatic carbocycles. The van der Waals surface area contributed by atoms with Gasteiger partial charge in [-0.1, -0.05) is 12.1 Å². The van der Waals surface area contributed by atoms with E-state index in [2.05, 4.69) is 27.0 Å². The van der Waals surface area contributed by atoms with Crippen LogP contribution in [0.5, 0.6) is 5.75 Å². The largest absolute Gasteiger partial charge is 0.497 e. The van der Waals surface area contributed by atoms with Gasteiger partial charge in [0.15, 0.2) is 0 Å². The second-order valence-corrected chi connectivity index (χ2v) is 7.64. The molecule has 150 valence electrons. The Balaban J connectivity index is 1.48. The second kappa shape index (κ2) is 9.64. The van der Waals surface area contributed by atoms with E-state index in [1.54, 1.807) is 24.4 Å². The van der Waals surface area contributed by atoms with Gasteiger partial charge >= 0.3 is 0 Å². The van der Waals surface area contributed by atoms with Gasteiger partial charge in [0.05, 0.1) is 19.0 Å². The Kier molecular flexibility index (Phi) is 6.98. The van der Waals surface area contributed by atoms with Crippen LogP contribution in [0.4, 0.5) is 0 Å².